The van der Waals surface area contributed by atoms with Crippen LogP contribution in [0.1, 0.15) is 19.8 Å². The SMILES string of the molecule is CCCOc1ccc(Cl)cc1NCCCSC. The first-order valence-corrected chi connectivity index (χ1v) is 7.70. The Morgan fingerprint density at radius 2 is 2.24 bits per heavy atom. The fourth-order valence-electron chi connectivity index (χ4n) is 1.42. The smallest absolute Gasteiger partial charge is 0.142 e. The van der Waals surface area contributed by atoms with E-state index in [2.05, 4.69) is 18.5 Å². The van der Waals surface area contributed by atoms with Crippen molar-refractivity contribution in [2.75, 3.05) is 30.5 Å². The second kappa shape index (κ2) is 8.54. The van der Waals surface area contributed by atoms with Crippen molar-refractivity contribution in [3.8, 4) is 5.75 Å². The lowest BCUT2D eigenvalue weighted by Gasteiger charge is -2.13. The van der Waals surface area contributed by atoms with Crippen LogP contribution in [0.4, 0.5) is 5.69 Å². The quantitative estimate of drug-likeness (QED) is 0.714. The monoisotopic (exact) mass is 273 g/mol. The van der Waals surface area contributed by atoms with Crippen LogP contribution >= 0.6 is 23.4 Å². The largest absolute Gasteiger partial charge is 0.491 e. The molecule has 1 N–H and O–H groups in total. The van der Waals surface area contributed by atoms with Gasteiger partial charge in [0.25, 0.3) is 0 Å². The van der Waals surface area contributed by atoms with E-state index in [9.17, 15) is 0 Å². The van der Waals surface area contributed by atoms with E-state index < -0.39 is 0 Å². The minimum atomic E-state index is 0.737. The number of ether oxygens (including phenoxy) is 1. The number of rotatable bonds is 8. The fraction of sp³-hybridized carbons (Fsp3) is 0.538. The van der Waals surface area contributed by atoms with Gasteiger partial charge >= 0.3 is 0 Å². The molecule has 0 radical (unpaired) electrons. The Morgan fingerprint density at radius 3 is 2.94 bits per heavy atom. The molecule has 0 unspecified atom stereocenters. The second-order valence-electron chi connectivity index (χ2n) is 3.76. The molecule has 17 heavy (non-hydrogen) atoms. The van der Waals surface area contributed by atoms with Gasteiger partial charge in [0, 0.05) is 11.6 Å². The molecule has 1 rings (SSSR count). The maximum atomic E-state index is 5.99. The zero-order valence-electron chi connectivity index (χ0n) is 10.5. The summed E-state index contributed by atoms with van der Waals surface area (Å²) in [6.07, 6.45) is 4.27. The Hall–Kier alpha value is -0.540. The molecular formula is C13H20ClNOS. The summed E-state index contributed by atoms with van der Waals surface area (Å²) in [4.78, 5) is 0. The number of benzene rings is 1. The molecule has 1 aromatic rings. The molecule has 4 heteroatoms. The maximum Gasteiger partial charge on any atom is 0.142 e. The van der Waals surface area contributed by atoms with Gasteiger partial charge in [-0.1, -0.05) is 18.5 Å². The Labute approximate surface area is 113 Å². The van der Waals surface area contributed by atoms with E-state index in [1.54, 1.807) is 0 Å². The average molecular weight is 274 g/mol. The van der Waals surface area contributed by atoms with Gasteiger partial charge in [-0.2, -0.15) is 11.8 Å². The summed E-state index contributed by atoms with van der Waals surface area (Å²) in [5.74, 6) is 2.05. The minimum Gasteiger partial charge on any atom is -0.491 e. The van der Waals surface area contributed by atoms with Crippen LogP contribution in [0.3, 0.4) is 0 Å². The molecule has 0 aromatic heterocycles. The lowest BCUT2D eigenvalue weighted by atomic mass is 10.3. The van der Waals surface area contributed by atoms with Gasteiger partial charge < -0.3 is 10.1 Å². The maximum absolute atomic E-state index is 5.99. The van der Waals surface area contributed by atoms with Crippen molar-refractivity contribution in [3.63, 3.8) is 0 Å². The highest BCUT2D eigenvalue weighted by molar-refractivity contribution is 7.98. The molecule has 2 nitrogen and oxygen atoms in total. The third-order valence-corrected chi connectivity index (χ3v) is 3.18. The van der Waals surface area contributed by atoms with Crippen molar-refractivity contribution in [2.45, 2.75) is 19.8 Å². The standard InChI is InChI=1S/C13H20ClNOS/c1-3-8-16-13-6-5-11(14)10-12(13)15-7-4-9-17-2/h5-6,10,15H,3-4,7-9H2,1-2H3. The molecular weight excluding hydrogens is 254 g/mol. The van der Waals surface area contributed by atoms with Crippen molar-refractivity contribution in [3.05, 3.63) is 23.2 Å². The molecule has 0 heterocycles. The molecule has 0 aliphatic carbocycles. The van der Waals surface area contributed by atoms with Crippen molar-refractivity contribution < 1.29 is 4.74 Å². The van der Waals surface area contributed by atoms with Crippen molar-refractivity contribution in [1.29, 1.82) is 0 Å². The van der Waals surface area contributed by atoms with Crippen LogP contribution in [0.2, 0.25) is 5.02 Å². The minimum absolute atomic E-state index is 0.737. The van der Waals surface area contributed by atoms with Crippen molar-refractivity contribution >= 4 is 29.1 Å². The van der Waals surface area contributed by atoms with Gasteiger partial charge in [-0.25, -0.2) is 0 Å². The highest BCUT2D eigenvalue weighted by atomic mass is 35.5. The Bertz CT molecular complexity index is 333. The fourth-order valence-corrected chi connectivity index (χ4v) is 2.02. The molecule has 0 saturated carbocycles. The summed E-state index contributed by atoms with van der Waals surface area (Å²) in [6.45, 7) is 3.78. The average Bonchev–Trinajstić information content (AvgIpc) is 2.33. The predicted molar refractivity (Wildman–Crippen MR) is 78.7 cm³/mol. The summed E-state index contributed by atoms with van der Waals surface area (Å²) >= 11 is 7.85. The highest BCUT2D eigenvalue weighted by Crippen LogP contribution is 2.28. The number of hydrogen-bond acceptors (Lipinski definition) is 3. The number of hydrogen-bond donors (Lipinski definition) is 1. The van der Waals surface area contributed by atoms with Crippen LogP contribution in [0.15, 0.2) is 18.2 Å². The molecule has 0 aliphatic heterocycles. The van der Waals surface area contributed by atoms with Gasteiger partial charge in [0.1, 0.15) is 5.75 Å². The van der Waals surface area contributed by atoms with E-state index in [4.69, 9.17) is 16.3 Å². The Kier molecular flexibility index (Phi) is 7.29. The van der Waals surface area contributed by atoms with Crippen LogP contribution in [-0.2, 0) is 0 Å². The molecule has 96 valence electrons. The van der Waals surface area contributed by atoms with E-state index in [1.807, 2.05) is 30.0 Å². The van der Waals surface area contributed by atoms with Crippen molar-refractivity contribution in [1.82, 2.24) is 0 Å². The second-order valence-corrected chi connectivity index (χ2v) is 5.18. The third-order valence-electron chi connectivity index (χ3n) is 2.24. The van der Waals surface area contributed by atoms with E-state index in [-0.39, 0.29) is 0 Å². The number of thioether (sulfide) groups is 1. The zero-order chi connectivity index (χ0) is 12.5. The van der Waals surface area contributed by atoms with Gasteiger partial charge in [0.05, 0.1) is 12.3 Å². The van der Waals surface area contributed by atoms with Crippen LogP contribution < -0.4 is 10.1 Å². The van der Waals surface area contributed by atoms with Gasteiger partial charge in [0.15, 0.2) is 0 Å². The zero-order valence-corrected chi connectivity index (χ0v) is 12.0. The van der Waals surface area contributed by atoms with E-state index in [0.717, 1.165) is 42.5 Å². The summed E-state index contributed by atoms with van der Waals surface area (Å²) in [7, 11) is 0. The van der Waals surface area contributed by atoms with E-state index in [0.29, 0.717) is 0 Å². The summed E-state index contributed by atoms with van der Waals surface area (Å²) in [6, 6.07) is 5.71. The molecule has 0 aliphatic rings. The first kappa shape index (κ1) is 14.5. The van der Waals surface area contributed by atoms with Gasteiger partial charge in [-0.3, -0.25) is 0 Å². The van der Waals surface area contributed by atoms with Crippen LogP contribution in [0.5, 0.6) is 5.75 Å². The summed E-state index contributed by atoms with van der Waals surface area (Å²) in [5, 5.41) is 4.11. The highest BCUT2D eigenvalue weighted by Gasteiger charge is 2.03. The van der Waals surface area contributed by atoms with E-state index >= 15 is 0 Å². The summed E-state index contributed by atoms with van der Waals surface area (Å²) < 4.78 is 5.67. The molecule has 0 saturated heterocycles. The molecule has 0 atom stereocenters. The van der Waals surface area contributed by atoms with E-state index in [1.165, 1.54) is 5.75 Å². The molecule has 0 fully saturated rings. The molecule has 0 amide bonds. The number of halogens is 1. The summed E-state index contributed by atoms with van der Waals surface area (Å²) in [5.41, 5.74) is 0.993. The lowest BCUT2D eigenvalue weighted by molar-refractivity contribution is 0.319. The van der Waals surface area contributed by atoms with Crippen LogP contribution in [-0.4, -0.2) is 25.2 Å². The Balaban J connectivity index is 2.56. The lowest BCUT2D eigenvalue weighted by Crippen LogP contribution is -2.05. The first-order valence-electron chi connectivity index (χ1n) is 5.93. The molecule has 0 bridgehead atoms. The number of nitrogens with one attached hydrogen (secondary N) is 1. The van der Waals surface area contributed by atoms with Gasteiger partial charge in [-0.05, 0) is 43.0 Å². The van der Waals surface area contributed by atoms with Crippen LogP contribution in [0.25, 0.3) is 0 Å². The van der Waals surface area contributed by atoms with Crippen LogP contribution in [0, 0.1) is 0 Å². The first-order chi connectivity index (χ1) is 8.27. The molecule has 1 aromatic carbocycles. The predicted octanol–water partition coefficient (Wildman–Crippen LogP) is 4.29. The van der Waals surface area contributed by atoms with Gasteiger partial charge in [-0.15, -0.1) is 0 Å². The van der Waals surface area contributed by atoms with Gasteiger partial charge in [0.2, 0.25) is 0 Å². The number of anilines is 1. The Morgan fingerprint density at radius 1 is 1.41 bits per heavy atom. The molecule has 0 spiro atoms. The normalized spacial score (nSPS) is 10.3. The topological polar surface area (TPSA) is 21.3 Å². The third kappa shape index (κ3) is 5.55. The van der Waals surface area contributed by atoms with Crippen molar-refractivity contribution in [2.24, 2.45) is 0 Å².